The molecule has 1 aromatic carbocycles. The van der Waals surface area contributed by atoms with E-state index in [0.29, 0.717) is 22.4 Å². The second kappa shape index (κ2) is 10.6. The average molecular weight is 520 g/mol. The molecule has 0 spiro atoms. The second-order valence-corrected chi connectivity index (χ2v) is 7.17. The Kier molecular flexibility index (Phi) is 8.25. The van der Waals surface area contributed by atoms with Gasteiger partial charge >= 0.3 is 18.3 Å². The summed E-state index contributed by atoms with van der Waals surface area (Å²) in [5, 5.41) is 25.8. The molecular weight excluding hydrogens is 502 g/mol. The Morgan fingerprint density at radius 2 is 1.83 bits per heavy atom. The molecule has 0 radical (unpaired) electrons. The van der Waals surface area contributed by atoms with Crippen LogP contribution in [0.5, 0.6) is 0 Å². The second-order valence-electron chi connectivity index (χ2n) is 7.17. The average Bonchev–Trinajstić information content (AvgIpc) is 3.32. The van der Waals surface area contributed by atoms with Crippen LogP contribution in [0.3, 0.4) is 0 Å². The summed E-state index contributed by atoms with van der Waals surface area (Å²) in [6, 6.07) is 3.76. The third-order valence-corrected chi connectivity index (χ3v) is 4.72. The van der Waals surface area contributed by atoms with Gasteiger partial charge in [-0.15, -0.1) is 0 Å². The lowest BCUT2D eigenvalue weighted by atomic mass is 9.89. The summed E-state index contributed by atoms with van der Waals surface area (Å²) in [6.45, 7) is 0.654. The number of nitrogens with two attached hydrogens (primary N) is 1. The first kappa shape index (κ1) is 28.0. The number of carbonyl (C=O) groups is 2. The number of carbonyl (C=O) groups excluding carboxylic acids is 1. The smallest absolute Gasteiger partial charge is 0.475 e. The van der Waals surface area contributed by atoms with Crippen molar-refractivity contribution >= 4 is 18.2 Å². The molecule has 0 fully saturated rings. The van der Waals surface area contributed by atoms with Crippen molar-refractivity contribution in [2.24, 2.45) is 0 Å². The van der Waals surface area contributed by atoms with Crippen LogP contribution in [0.4, 0.5) is 32.2 Å². The summed E-state index contributed by atoms with van der Waals surface area (Å²) in [4.78, 5) is 27.9. The van der Waals surface area contributed by atoms with Crippen LogP contribution in [-0.4, -0.2) is 61.7 Å². The van der Waals surface area contributed by atoms with Crippen molar-refractivity contribution < 1.29 is 46.1 Å². The van der Waals surface area contributed by atoms with E-state index in [1.807, 2.05) is 5.32 Å². The van der Waals surface area contributed by atoms with Gasteiger partial charge in [-0.25, -0.2) is 14.8 Å². The van der Waals surface area contributed by atoms with Gasteiger partial charge in [0.1, 0.15) is 11.5 Å². The predicted molar refractivity (Wildman–Crippen MR) is 112 cm³/mol. The Labute approximate surface area is 198 Å². The van der Waals surface area contributed by atoms with E-state index < -0.39 is 36.0 Å². The molecule has 10 nitrogen and oxygen atoms in total. The van der Waals surface area contributed by atoms with Gasteiger partial charge in [-0.05, 0) is 24.1 Å². The molecule has 1 atom stereocenters. The summed E-state index contributed by atoms with van der Waals surface area (Å²) >= 11 is 0. The number of benzene rings is 1. The SMILES string of the molecule is Cc1ccc(C(O)(CNC=O)C(F)(F)F)cc1-c1cnc(N)c(-c2cn[nH]c2)n1.O=C(O)C(F)(F)F. The summed E-state index contributed by atoms with van der Waals surface area (Å²) in [6.07, 6.45) is -5.64. The number of carboxylic acids is 1. The van der Waals surface area contributed by atoms with E-state index in [-0.39, 0.29) is 17.9 Å². The number of hydrogen-bond acceptors (Lipinski definition) is 7. The van der Waals surface area contributed by atoms with Crippen molar-refractivity contribution in [3.63, 3.8) is 0 Å². The van der Waals surface area contributed by atoms with E-state index in [1.165, 1.54) is 24.5 Å². The minimum atomic E-state index is -5.08. The number of nitrogens with one attached hydrogen (secondary N) is 2. The molecular formula is C20H18F6N6O4. The number of amides is 1. The molecule has 3 aromatic rings. The summed E-state index contributed by atoms with van der Waals surface area (Å²) in [5.41, 5.74) is 4.23. The first-order valence-corrected chi connectivity index (χ1v) is 9.61. The standard InChI is InChI=1S/C18H17F3N6O2.C2HF3O2/c1-10-2-3-12(17(29,8-23-9-28)18(19,20)21)4-13(10)14-7-24-16(22)15(27-14)11-5-25-26-6-11;3-2(4,5)1(6)7/h2-7,9,29H,8H2,1H3,(H2,22,24)(H,23,28)(H,25,26);(H,6,7). The number of aromatic nitrogens is 4. The number of anilines is 1. The molecule has 0 saturated heterocycles. The quantitative estimate of drug-likeness (QED) is 0.244. The number of nitrogen functional groups attached to an aromatic ring is 1. The van der Waals surface area contributed by atoms with Gasteiger partial charge in [-0.3, -0.25) is 9.89 Å². The lowest BCUT2D eigenvalue weighted by Gasteiger charge is -2.31. The molecule has 0 aliphatic heterocycles. The van der Waals surface area contributed by atoms with Crippen molar-refractivity contribution in [2.75, 3.05) is 12.3 Å². The van der Waals surface area contributed by atoms with E-state index >= 15 is 0 Å². The lowest BCUT2D eigenvalue weighted by Crippen LogP contribution is -2.49. The molecule has 1 unspecified atom stereocenters. The number of hydrogen-bond donors (Lipinski definition) is 5. The number of aromatic amines is 1. The third-order valence-electron chi connectivity index (χ3n) is 4.72. The van der Waals surface area contributed by atoms with E-state index in [9.17, 15) is 36.2 Å². The Morgan fingerprint density at radius 1 is 1.19 bits per heavy atom. The highest BCUT2D eigenvalue weighted by molar-refractivity contribution is 5.74. The van der Waals surface area contributed by atoms with E-state index in [1.54, 1.807) is 13.1 Å². The van der Waals surface area contributed by atoms with Crippen LogP contribution in [0.2, 0.25) is 0 Å². The fourth-order valence-electron chi connectivity index (χ4n) is 2.83. The van der Waals surface area contributed by atoms with Gasteiger partial charge < -0.3 is 21.3 Å². The number of alkyl halides is 6. The van der Waals surface area contributed by atoms with Gasteiger partial charge in [0.2, 0.25) is 12.0 Å². The van der Waals surface area contributed by atoms with Crippen molar-refractivity contribution in [1.82, 2.24) is 25.5 Å². The minimum absolute atomic E-state index is 0.0917. The van der Waals surface area contributed by atoms with Gasteiger partial charge in [-0.1, -0.05) is 12.1 Å². The summed E-state index contributed by atoms with van der Waals surface area (Å²) in [7, 11) is 0. The van der Waals surface area contributed by atoms with E-state index in [0.717, 1.165) is 6.07 Å². The zero-order valence-corrected chi connectivity index (χ0v) is 18.1. The van der Waals surface area contributed by atoms with E-state index in [4.69, 9.17) is 15.6 Å². The van der Waals surface area contributed by atoms with Crippen LogP contribution in [0.15, 0.2) is 36.8 Å². The van der Waals surface area contributed by atoms with Crippen molar-refractivity contribution in [1.29, 1.82) is 0 Å². The fraction of sp³-hybridized carbons (Fsp3) is 0.250. The minimum Gasteiger partial charge on any atom is -0.475 e. The Morgan fingerprint density at radius 3 is 2.33 bits per heavy atom. The maximum absolute atomic E-state index is 13.6. The molecule has 0 saturated carbocycles. The molecule has 16 heteroatoms. The van der Waals surface area contributed by atoms with Crippen molar-refractivity contribution in [2.45, 2.75) is 24.9 Å². The molecule has 2 aromatic heterocycles. The normalized spacial score (nSPS) is 13.2. The van der Waals surface area contributed by atoms with Crippen LogP contribution in [0.1, 0.15) is 11.1 Å². The van der Waals surface area contributed by atoms with Gasteiger partial charge in [0.15, 0.2) is 0 Å². The van der Waals surface area contributed by atoms with Gasteiger partial charge in [0, 0.05) is 17.3 Å². The molecule has 3 rings (SSSR count). The Bertz CT molecular complexity index is 1220. The van der Waals surface area contributed by atoms with E-state index in [2.05, 4.69) is 20.2 Å². The van der Waals surface area contributed by atoms with Gasteiger partial charge in [0.05, 0.1) is 24.6 Å². The molecule has 0 aliphatic carbocycles. The number of aryl methyl sites for hydroxylation is 1. The topological polar surface area (TPSA) is 167 Å². The maximum atomic E-state index is 13.6. The number of H-pyrrole nitrogens is 1. The highest BCUT2D eigenvalue weighted by Crippen LogP contribution is 2.40. The van der Waals surface area contributed by atoms with Crippen LogP contribution >= 0.6 is 0 Å². The number of halogens is 6. The number of rotatable bonds is 6. The molecule has 1 amide bonds. The van der Waals surface area contributed by atoms with Crippen LogP contribution in [-0.2, 0) is 15.2 Å². The van der Waals surface area contributed by atoms with Crippen LogP contribution in [0, 0.1) is 6.92 Å². The maximum Gasteiger partial charge on any atom is 0.490 e. The zero-order valence-electron chi connectivity index (χ0n) is 18.1. The number of nitrogens with zero attached hydrogens (tertiary/aromatic N) is 3. The largest absolute Gasteiger partial charge is 0.490 e. The molecule has 0 bridgehead atoms. The Hall–Kier alpha value is -4.21. The number of carboxylic acid groups (broad SMARTS) is 1. The molecule has 6 N–H and O–H groups in total. The highest BCUT2D eigenvalue weighted by Gasteiger charge is 2.55. The van der Waals surface area contributed by atoms with Gasteiger partial charge in [0.25, 0.3) is 0 Å². The fourth-order valence-corrected chi connectivity index (χ4v) is 2.83. The first-order chi connectivity index (χ1) is 16.6. The lowest BCUT2D eigenvalue weighted by molar-refractivity contribution is -0.263. The molecule has 36 heavy (non-hydrogen) atoms. The highest BCUT2D eigenvalue weighted by atomic mass is 19.4. The molecule has 0 aliphatic rings. The Balaban J connectivity index is 0.000000572. The first-order valence-electron chi connectivity index (χ1n) is 9.61. The number of aliphatic hydroxyl groups is 1. The predicted octanol–water partition coefficient (Wildman–Crippen LogP) is 2.55. The van der Waals surface area contributed by atoms with Crippen molar-refractivity contribution in [3.05, 3.63) is 47.9 Å². The number of aliphatic carboxylic acids is 1. The molecule has 2 heterocycles. The van der Waals surface area contributed by atoms with Gasteiger partial charge in [-0.2, -0.15) is 31.4 Å². The monoisotopic (exact) mass is 520 g/mol. The van der Waals surface area contributed by atoms with Crippen LogP contribution < -0.4 is 11.1 Å². The molecule has 194 valence electrons. The zero-order chi connectivity index (χ0) is 27.3. The third kappa shape index (κ3) is 6.26. The van der Waals surface area contributed by atoms with Crippen LogP contribution in [0.25, 0.3) is 22.5 Å². The summed E-state index contributed by atoms with van der Waals surface area (Å²) < 4.78 is 72.5. The van der Waals surface area contributed by atoms with Crippen molar-refractivity contribution in [3.8, 4) is 22.5 Å². The summed E-state index contributed by atoms with van der Waals surface area (Å²) in [5.74, 6) is -2.63.